The normalized spacial score (nSPS) is 11.3. The van der Waals surface area contributed by atoms with Gasteiger partial charge in [0.1, 0.15) is 25.1 Å². The summed E-state index contributed by atoms with van der Waals surface area (Å²) in [5, 5.41) is 0. The smallest absolute Gasteiger partial charge is 0.780 e. The molecule has 0 aliphatic rings. The van der Waals surface area contributed by atoms with E-state index in [0.29, 0.717) is 17.1 Å². The van der Waals surface area contributed by atoms with Gasteiger partial charge >= 0.3 is 59.1 Å². The van der Waals surface area contributed by atoms with Crippen LogP contribution in [-0.2, 0) is 9.98 Å². The van der Waals surface area contributed by atoms with E-state index < -0.39 is 7.82 Å². The third-order valence-electron chi connectivity index (χ3n) is 5.11. The zero-order valence-electron chi connectivity index (χ0n) is 19.5. The Morgan fingerprint density at radius 1 is 0.781 bits per heavy atom. The fourth-order valence-electron chi connectivity index (χ4n) is 3.47. The molecular weight excluding hydrogens is 445 g/mol. The molecule has 0 aliphatic carbocycles. The average Bonchev–Trinajstić information content (AvgIpc) is 2.68. The Morgan fingerprint density at radius 3 is 1.84 bits per heavy atom. The summed E-state index contributed by atoms with van der Waals surface area (Å²) in [5.74, 6) is 0.941. The summed E-state index contributed by atoms with van der Waals surface area (Å²) in [5.41, 5.74) is 2.71. The Labute approximate surface area is 234 Å². The molecule has 0 amide bonds. The van der Waals surface area contributed by atoms with Gasteiger partial charge in [0.2, 0.25) is 0 Å². The van der Waals surface area contributed by atoms with Crippen molar-refractivity contribution < 1.29 is 82.7 Å². The summed E-state index contributed by atoms with van der Waals surface area (Å²) in [6.45, 7) is 8.09. The van der Waals surface area contributed by atoms with Crippen LogP contribution < -0.4 is 78.2 Å². The van der Waals surface area contributed by atoms with E-state index in [1.54, 1.807) is 12.1 Å². The molecule has 0 unspecified atom stereocenters. The maximum atomic E-state index is 11.1. The van der Waals surface area contributed by atoms with Gasteiger partial charge in [-0.25, -0.2) is 0 Å². The van der Waals surface area contributed by atoms with Gasteiger partial charge in [-0.15, -0.1) is 0 Å². The maximum Gasteiger partial charge on any atom is 1.00 e. The molecule has 3 rings (SSSR count). The van der Waals surface area contributed by atoms with Crippen molar-refractivity contribution in [3.63, 3.8) is 0 Å². The van der Waals surface area contributed by atoms with Gasteiger partial charge in [-0.1, -0.05) is 76.2 Å². The molecule has 0 atom stereocenters. The van der Waals surface area contributed by atoms with Crippen molar-refractivity contribution >= 4 is 7.82 Å². The molecule has 0 heterocycles. The second-order valence-corrected chi connectivity index (χ2v) is 9.06. The van der Waals surface area contributed by atoms with Crippen molar-refractivity contribution in [2.45, 2.75) is 39.0 Å². The summed E-state index contributed by atoms with van der Waals surface area (Å²) in [7, 11) is -5.17. The van der Waals surface area contributed by atoms with Crippen molar-refractivity contribution in [2.75, 3.05) is 0 Å². The van der Waals surface area contributed by atoms with Gasteiger partial charge in [0.25, 0.3) is 0 Å². The zero-order chi connectivity index (χ0) is 21.9. The fraction of sp³-hybridized carbons (Fsp3) is 0.250. The maximum absolute atomic E-state index is 11.1. The molecule has 0 bridgehead atoms. The average molecular weight is 470 g/mol. The number of phosphoric acid groups is 1. The molecule has 0 aromatic heterocycles. The molecule has 32 heavy (non-hydrogen) atoms. The first kappa shape index (κ1) is 29.4. The summed E-state index contributed by atoms with van der Waals surface area (Å²) in [6.07, 6.45) is 0. The second kappa shape index (κ2) is 12.2. The molecule has 8 heteroatoms. The Kier molecular flexibility index (Phi) is 11.2. The summed E-state index contributed by atoms with van der Waals surface area (Å²) in [4.78, 5) is 22.2. The van der Waals surface area contributed by atoms with Crippen LogP contribution in [0.3, 0.4) is 0 Å². The Hall–Kier alpha value is -0.590. The van der Waals surface area contributed by atoms with Crippen molar-refractivity contribution in [2.24, 2.45) is 0 Å². The molecule has 3 aromatic carbocycles. The van der Waals surface area contributed by atoms with E-state index in [0.717, 1.165) is 5.56 Å². The van der Waals surface area contributed by atoms with E-state index in [9.17, 15) is 14.4 Å². The van der Waals surface area contributed by atoms with Gasteiger partial charge in [-0.3, -0.25) is 0 Å². The summed E-state index contributed by atoms with van der Waals surface area (Å²) >= 11 is 0. The molecule has 0 spiro atoms. The third kappa shape index (κ3) is 7.46. The monoisotopic (exact) mass is 470 g/mol. The number of benzene rings is 3. The number of rotatable bonds is 7. The van der Waals surface area contributed by atoms with Gasteiger partial charge in [0.05, 0.1) is 0 Å². The van der Waals surface area contributed by atoms with Crippen molar-refractivity contribution in [1.82, 2.24) is 0 Å². The molecule has 0 aliphatic heterocycles. The van der Waals surface area contributed by atoms with E-state index in [2.05, 4.69) is 30.5 Å². The Morgan fingerprint density at radius 2 is 1.31 bits per heavy atom. The SMILES string of the molecule is CC(C)c1c(Oc2ccc(C(C)(C)c3ccccc3)cc2)cccc1OP(=O)([O-])[O-].[Na+].[Na+]. The number of hydrogen-bond donors (Lipinski definition) is 0. The van der Waals surface area contributed by atoms with Gasteiger partial charge in [0, 0.05) is 11.0 Å². The van der Waals surface area contributed by atoms with Crippen LogP contribution in [0.25, 0.3) is 0 Å². The molecule has 0 N–H and O–H groups in total. The van der Waals surface area contributed by atoms with E-state index in [1.807, 2.05) is 56.3 Å². The minimum absolute atomic E-state index is 0. The van der Waals surface area contributed by atoms with Crippen LogP contribution in [0.15, 0.2) is 72.8 Å². The predicted octanol–water partition coefficient (Wildman–Crippen LogP) is -0.856. The largest absolute Gasteiger partial charge is 1.00 e. The quantitative estimate of drug-likeness (QED) is 0.332. The van der Waals surface area contributed by atoms with E-state index in [1.165, 1.54) is 11.6 Å². The molecular formula is C24H25Na2O5P. The second-order valence-electron chi connectivity index (χ2n) is 7.98. The summed E-state index contributed by atoms with van der Waals surface area (Å²) in [6, 6.07) is 22.8. The molecule has 0 radical (unpaired) electrons. The Balaban J connectivity index is 0.00000256. The number of hydrogen-bond acceptors (Lipinski definition) is 5. The predicted molar refractivity (Wildman–Crippen MR) is 114 cm³/mol. The first-order valence-electron chi connectivity index (χ1n) is 9.76. The van der Waals surface area contributed by atoms with Crippen LogP contribution in [0.5, 0.6) is 17.2 Å². The number of ether oxygens (including phenoxy) is 1. The topological polar surface area (TPSA) is 81.7 Å². The molecule has 0 saturated heterocycles. The zero-order valence-corrected chi connectivity index (χ0v) is 24.4. The molecule has 0 saturated carbocycles. The van der Waals surface area contributed by atoms with Gasteiger partial charge in [-0.05, 0) is 41.3 Å². The minimum atomic E-state index is -5.17. The standard InChI is InChI=1S/C24H27O5P.2Na/c1-17(2)23-21(11-8-12-22(23)29-30(25,26)27)28-20-15-13-19(14-16-20)24(3,4)18-9-6-5-7-10-18;;/h5-17H,1-4H3,(H2,25,26,27);;/q;2*+1/p-2. The van der Waals surface area contributed by atoms with Crippen molar-refractivity contribution in [3.8, 4) is 17.2 Å². The van der Waals surface area contributed by atoms with Gasteiger partial charge in [-0.2, -0.15) is 0 Å². The van der Waals surface area contributed by atoms with Crippen LogP contribution in [0.1, 0.15) is 50.3 Å². The number of phosphoric ester groups is 1. The Bertz CT molecular complexity index is 1050. The van der Waals surface area contributed by atoms with Crippen molar-refractivity contribution in [3.05, 3.63) is 89.5 Å². The van der Waals surface area contributed by atoms with Crippen LogP contribution in [0.2, 0.25) is 0 Å². The van der Waals surface area contributed by atoms with E-state index in [-0.39, 0.29) is 76.2 Å². The van der Waals surface area contributed by atoms with Gasteiger partial charge < -0.3 is 23.6 Å². The van der Waals surface area contributed by atoms with E-state index >= 15 is 0 Å². The third-order valence-corrected chi connectivity index (χ3v) is 5.53. The first-order chi connectivity index (χ1) is 14.1. The van der Waals surface area contributed by atoms with Crippen LogP contribution in [0.4, 0.5) is 0 Å². The van der Waals surface area contributed by atoms with Crippen LogP contribution in [-0.4, -0.2) is 0 Å². The summed E-state index contributed by atoms with van der Waals surface area (Å²) < 4.78 is 21.8. The first-order valence-corrected chi connectivity index (χ1v) is 11.2. The van der Waals surface area contributed by atoms with Crippen molar-refractivity contribution in [1.29, 1.82) is 0 Å². The van der Waals surface area contributed by atoms with Gasteiger partial charge in [0.15, 0.2) is 0 Å². The molecule has 5 nitrogen and oxygen atoms in total. The van der Waals surface area contributed by atoms with E-state index in [4.69, 9.17) is 4.74 Å². The van der Waals surface area contributed by atoms with Crippen LogP contribution >= 0.6 is 7.82 Å². The molecule has 0 fully saturated rings. The minimum Gasteiger partial charge on any atom is -0.780 e. The molecule has 158 valence electrons. The fourth-order valence-corrected chi connectivity index (χ4v) is 3.87. The molecule has 3 aromatic rings. The van der Waals surface area contributed by atoms with Crippen LogP contribution in [0, 0.1) is 0 Å².